The van der Waals surface area contributed by atoms with Gasteiger partial charge < -0.3 is 4.98 Å². The molecule has 0 saturated carbocycles. The number of aromatic amines is 2. The van der Waals surface area contributed by atoms with E-state index in [1.54, 1.807) is 6.20 Å². The fraction of sp³-hybridized carbons (Fsp3) is 0. The quantitative estimate of drug-likeness (QED) is 0.665. The highest BCUT2D eigenvalue weighted by molar-refractivity contribution is 6.31. The fourth-order valence-corrected chi connectivity index (χ4v) is 0.967. The van der Waals surface area contributed by atoms with Crippen molar-refractivity contribution in [2.24, 2.45) is 0 Å². The van der Waals surface area contributed by atoms with Gasteiger partial charge in [0, 0.05) is 0 Å². The molecule has 6 heteroatoms. The van der Waals surface area contributed by atoms with Gasteiger partial charge in [0.25, 0.3) is 0 Å². The molecule has 0 saturated heterocycles. The van der Waals surface area contributed by atoms with Crippen LogP contribution in [0.5, 0.6) is 0 Å². The Balaban J connectivity index is 2.53. The number of rotatable bonds is 1. The molecular formula is C5H4ClN5. The molecule has 2 aromatic heterocycles. The molecule has 0 bridgehead atoms. The van der Waals surface area contributed by atoms with Crippen LogP contribution in [0.4, 0.5) is 0 Å². The first-order chi connectivity index (χ1) is 5.38. The minimum absolute atomic E-state index is 0.471. The summed E-state index contributed by atoms with van der Waals surface area (Å²) in [6.45, 7) is 0. The van der Waals surface area contributed by atoms with Crippen LogP contribution in [-0.2, 0) is 0 Å². The first-order valence-electron chi connectivity index (χ1n) is 2.93. The van der Waals surface area contributed by atoms with Crippen molar-refractivity contribution in [1.82, 2.24) is 25.4 Å². The number of hydrogen-bond donors (Lipinski definition) is 2. The number of hydrogen-bond acceptors (Lipinski definition) is 3. The third kappa shape index (κ3) is 0.988. The Morgan fingerprint density at radius 3 is 2.91 bits per heavy atom. The van der Waals surface area contributed by atoms with Crippen LogP contribution in [0.1, 0.15) is 0 Å². The van der Waals surface area contributed by atoms with Crippen LogP contribution in [0.3, 0.4) is 0 Å². The molecule has 0 aliphatic rings. The van der Waals surface area contributed by atoms with Crippen molar-refractivity contribution >= 4 is 11.6 Å². The SMILES string of the molecule is Clc1[nH]cnc1-c1cn[nH]n1. The van der Waals surface area contributed by atoms with Gasteiger partial charge in [0.15, 0.2) is 0 Å². The molecule has 2 heterocycles. The van der Waals surface area contributed by atoms with E-state index < -0.39 is 0 Å². The van der Waals surface area contributed by atoms with Gasteiger partial charge in [-0.3, -0.25) is 0 Å². The highest BCUT2D eigenvalue weighted by Gasteiger charge is 2.07. The van der Waals surface area contributed by atoms with Gasteiger partial charge in [-0.05, 0) is 0 Å². The maximum Gasteiger partial charge on any atom is 0.135 e. The summed E-state index contributed by atoms with van der Waals surface area (Å²) in [6.07, 6.45) is 3.06. The third-order valence-electron chi connectivity index (χ3n) is 1.25. The molecule has 0 atom stereocenters. The Hall–Kier alpha value is -1.36. The number of nitrogens with one attached hydrogen (secondary N) is 2. The van der Waals surface area contributed by atoms with E-state index in [9.17, 15) is 0 Å². The average molecular weight is 170 g/mol. The minimum atomic E-state index is 0.471. The van der Waals surface area contributed by atoms with Gasteiger partial charge in [0.2, 0.25) is 0 Å². The van der Waals surface area contributed by atoms with E-state index in [1.807, 2.05) is 0 Å². The molecule has 0 aliphatic carbocycles. The Morgan fingerprint density at radius 2 is 2.36 bits per heavy atom. The maximum atomic E-state index is 5.73. The van der Waals surface area contributed by atoms with Crippen LogP contribution < -0.4 is 0 Å². The second-order valence-electron chi connectivity index (χ2n) is 1.92. The Bertz CT molecular complexity index is 337. The van der Waals surface area contributed by atoms with Crippen LogP contribution in [0.25, 0.3) is 11.4 Å². The van der Waals surface area contributed by atoms with Crippen LogP contribution in [0, 0.1) is 0 Å². The first-order valence-corrected chi connectivity index (χ1v) is 3.31. The van der Waals surface area contributed by atoms with Crippen LogP contribution >= 0.6 is 11.6 Å². The predicted octanol–water partition coefficient (Wildman–Crippen LogP) is 0.848. The number of H-pyrrole nitrogens is 2. The van der Waals surface area contributed by atoms with Crippen molar-refractivity contribution in [1.29, 1.82) is 0 Å². The van der Waals surface area contributed by atoms with Gasteiger partial charge in [-0.15, -0.1) is 0 Å². The highest BCUT2D eigenvalue weighted by Crippen LogP contribution is 2.19. The van der Waals surface area contributed by atoms with Crippen molar-refractivity contribution in [2.75, 3.05) is 0 Å². The van der Waals surface area contributed by atoms with Gasteiger partial charge in [-0.25, -0.2) is 4.98 Å². The summed E-state index contributed by atoms with van der Waals surface area (Å²) in [5.74, 6) is 0. The van der Waals surface area contributed by atoms with Crippen molar-refractivity contribution in [3.05, 3.63) is 17.7 Å². The van der Waals surface area contributed by atoms with Gasteiger partial charge in [-0.1, -0.05) is 11.6 Å². The molecule has 0 spiro atoms. The van der Waals surface area contributed by atoms with Gasteiger partial charge in [-0.2, -0.15) is 15.4 Å². The molecule has 0 fully saturated rings. The zero-order valence-electron chi connectivity index (χ0n) is 5.37. The summed E-state index contributed by atoms with van der Waals surface area (Å²) in [5, 5.41) is 10.4. The molecule has 0 amide bonds. The highest BCUT2D eigenvalue weighted by atomic mass is 35.5. The van der Waals surface area contributed by atoms with Crippen LogP contribution in [0.2, 0.25) is 5.15 Å². The molecular weight excluding hydrogens is 166 g/mol. The zero-order chi connectivity index (χ0) is 7.68. The smallest absolute Gasteiger partial charge is 0.135 e. The number of nitrogens with zero attached hydrogens (tertiary/aromatic N) is 3. The summed E-state index contributed by atoms with van der Waals surface area (Å²) in [4.78, 5) is 6.68. The predicted molar refractivity (Wildman–Crippen MR) is 39.0 cm³/mol. The van der Waals surface area contributed by atoms with Gasteiger partial charge in [0.05, 0.1) is 12.5 Å². The van der Waals surface area contributed by atoms with E-state index in [2.05, 4.69) is 25.4 Å². The lowest BCUT2D eigenvalue weighted by molar-refractivity contribution is 0.941. The second kappa shape index (κ2) is 2.35. The molecule has 5 nitrogen and oxygen atoms in total. The maximum absolute atomic E-state index is 5.73. The largest absolute Gasteiger partial charge is 0.335 e. The summed E-state index contributed by atoms with van der Waals surface area (Å²) in [6, 6.07) is 0. The monoisotopic (exact) mass is 169 g/mol. The minimum Gasteiger partial charge on any atom is -0.335 e. The third-order valence-corrected chi connectivity index (χ3v) is 1.54. The number of imidazole rings is 1. The lowest BCUT2D eigenvalue weighted by Crippen LogP contribution is -1.77. The molecule has 11 heavy (non-hydrogen) atoms. The summed E-state index contributed by atoms with van der Waals surface area (Å²) < 4.78 is 0. The zero-order valence-corrected chi connectivity index (χ0v) is 6.13. The van der Waals surface area contributed by atoms with E-state index in [0.29, 0.717) is 16.5 Å². The van der Waals surface area contributed by atoms with E-state index in [4.69, 9.17) is 11.6 Å². The number of halogens is 1. The van der Waals surface area contributed by atoms with Crippen molar-refractivity contribution in [2.45, 2.75) is 0 Å². The van der Waals surface area contributed by atoms with Crippen LogP contribution in [0.15, 0.2) is 12.5 Å². The molecule has 0 radical (unpaired) electrons. The van der Waals surface area contributed by atoms with E-state index in [1.165, 1.54) is 6.33 Å². The van der Waals surface area contributed by atoms with Crippen molar-refractivity contribution < 1.29 is 0 Å². The van der Waals surface area contributed by atoms with Gasteiger partial charge in [0.1, 0.15) is 16.5 Å². The Labute approximate surface area is 66.8 Å². The summed E-state index contributed by atoms with van der Waals surface area (Å²) in [5.41, 5.74) is 1.25. The molecule has 0 aliphatic heterocycles. The molecule has 2 rings (SSSR count). The van der Waals surface area contributed by atoms with E-state index in [-0.39, 0.29) is 0 Å². The fourth-order valence-electron chi connectivity index (χ4n) is 0.773. The average Bonchev–Trinajstić information content (AvgIpc) is 2.55. The molecule has 56 valence electrons. The molecule has 0 aromatic carbocycles. The molecule has 0 unspecified atom stereocenters. The summed E-state index contributed by atoms with van der Waals surface area (Å²) in [7, 11) is 0. The Kier molecular flexibility index (Phi) is 1.36. The molecule has 2 aromatic rings. The first kappa shape index (κ1) is 6.36. The summed E-state index contributed by atoms with van der Waals surface area (Å²) >= 11 is 5.73. The standard InChI is InChI=1S/C5H4ClN5/c6-5-4(7-2-8-5)3-1-9-11-10-3/h1-2H,(H,7,8)(H,9,10,11). The topological polar surface area (TPSA) is 70.2 Å². The van der Waals surface area contributed by atoms with Crippen molar-refractivity contribution in [3.8, 4) is 11.4 Å². The Morgan fingerprint density at radius 1 is 1.45 bits per heavy atom. The second-order valence-corrected chi connectivity index (χ2v) is 2.30. The lowest BCUT2D eigenvalue weighted by Gasteiger charge is -1.85. The van der Waals surface area contributed by atoms with Crippen molar-refractivity contribution in [3.63, 3.8) is 0 Å². The van der Waals surface area contributed by atoms with Crippen LogP contribution in [-0.4, -0.2) is 25.4 Å². The van der Waals surface area contributed by atoms with E-state index >= 15 is 0 Å². The van der Waals surface area contributed by atoms with Gasteiger partial charge >= 0.3 is 0 Å². The number of aromatic nitrogens is 5. The van der Waals surface area contributed by atoms with E-state index in [0.717, 1.165) is 0 Å². The normalized spacial score (nSPS) is 10.3. The molecule has 2 N–H and O–H groups in total. The lowest BCUT2D eigenvalue weighted by atomic mass is 10.4.